The lowest BCUT2D eigenvalue weighted by Gasteiger charge is -2.23. The summed E-state index contributed by atoms with van der Waals surface area (Å²) >= 11 is 0. The van der Waals surface area contributed by atoms with E-state index in [0.717, 1.165) is 0 Å². The molecular formula is C17H15F3N6O3S. The average molecular weight is 440 g/mol. The van der Waals surface area contributed by atoms with E-state index in [2.05, 4.69) is 21.9 Å². The molecule has 0 saturated carbocycles. The van der Waals surface area contributed by atoms with Gasteiger partial charge in [0.05, 0.1) is 5.56 Å². The van der Waals surface area contributed by atoms with E-state index in [1.54, 1.807) is 18.2 Å². The van der Waals surface area contributed by atoms with Crippen LogP contribution in [0.15, 0.2) is 53.7 Å². The number of fused-ring (bicyclic) bond motifs is 1. The zero-order valence-corrected chi connectivity index (χ0v) is 15.8. The molecule has 3 aromatic rings. The van der Waals surface area contributed by atoms with Gasteiger partial charge in [-0.15, -0.1) is 0 Å². The number of rotatable bonds is 3. The number of hydrazine groups is 3. The van der Waals surface area contributed by atoms with Crippen LogP contribution in [0.5, 0.6) is 0 Å². The Labute approximate surface area is 168 Å². The highest BCUT2D eigenvalue weighted by atomic mass is 32.2. The van der Waals surface area contributed by atoms with Crippen molar-refractivity contribution in [3.05, 3.63) is 65.1 Å². The summed E-state index contributed by atoms with van der Waals surface area (Å²) in [6.45, 7) is 0. The fourth-order valence-corrected chi connectivity index (χ4v) is 4.52. The van der Waals surface area contributed by atoms with Gasteiger partial charge in [-0.05, 0) is 23.3 Å². The molecule has 6 N–H and O–H groups in total. The highest BCUT2D eigenvalue weighted by Gasteiger charge is 2.40. The SMILES string of the molecule is NS(=O)(=O)c1c(C(F)(F)F)ccc(-c2cccc3c[n+]([O-])ccc23)c1C1NNNN1. The van der Waals surface area contributed by atoms with E-state index in [0.29, 0.717) is 27.1 Å². The number of hydrogen-bond acceptors (Lipinski definition) is 7. The van der Waals surface area contributed by atoms with Gasteiger partial charge in [0.1, 0.15) is 11.1 Å². The number of nitrogens with two attached hydrogens (primary N) is 1. The van der Waals surface area contributed by atoms with E-state index in [-0.39, 0.29) is 11.1 Å². The van der Waals surface area contributed by atoms with Crippen molar-refractivity contribution in [1.29, 1.82) is 0 Å². The summed E-state index contributed by atoms with van der Waals surface area (Å²) in [6.07, 6.45) is -3.48. The van der Waals surface area contributed by atoms with Crippen LogP contribution in [0.3, 0.4) is 0 Å². The maximum Gasteiger partial charge on any atom is 0.417 e. The Kier molecular flexibility index (Phi) is 4.88. The standard InChI is InChI=1S/C17H15F3N6O3S/c18-17(19,20)13-5-4-12(11-3-1-2-9-8-26(27)7-6-10(9)11)14(15(13)30(21,28)29)16-22-24-25-23-16/h1-8,16,22-25H,(H2,21,28,29). The summed E-state index contributed by atoms with van der Waals surface area (Å²) in [4.78, 5) is -1.05. The summed E-state index contributed by atoms with van der Waals surface area (Å²) in [6, 6.07) is 8.26. The first-order valence-corrected chi connectivity index (χ1v) is 10.0. The van der Waals surface area contributed by atoms with E-state index >= 15 is 0 Å². The normalized spacial score (nSPS) is 15.7. The van der Waals surface area contributed by atoms with Crippen molar-refractivity contribution in [2.45, 2.75) is 17.2 Å². The molecule has 30 heavy (non-hydrogen) atoms. The number of pyridine rings is 1. The molecule has 2 aromatic carbocycles. The van der Waals surface area contributed by atoms with Crippen molar-refractivity contribution in [2.24, 2.45) is 5.14 Å². The van der Waals surface area contributed by atoms with Gasteiger partial charge in [-0.2, -0.15) is 29.0 Å². The average Bonchev–Trinajstić information content (AvgIpc) is 3.19. The predicted octanol–water partition coefficient (Wildman–Crippen LogP) is 0.922. The molecule has 0 atom stereocenters. The lowest BCUT2D eigenvalue weighted by Crippen LogP contribution is -2.33. The largest absolute Gasteiger partial charge is 0.619 e. The zero-order valence-electron chi connectivity index (χ0n) is 15.0. The summed E-state index contributed by atoms with van der Waals surface area (Å²) in [5, 5.41) is 17.9. The van der Waals surface area contributed by atoms with Gasteiger partial charge < -0.3 is 5.21 Å². The third kappa shape index (κ3) is 3.58. The molecule has 1 fully saturated rings. The number of benzene rings is 2. The van der Waals surface area contributed by atoms with Gasteiger partial charge in [-0.25, -0.2) is 24.4 Å². The first-order chi connectivity index (χ1) is 14.1. The summed E-state index contributed by atoms with van der Waals surface area (Å²) < 4.78 is 66.1. The van der Waals surface area contributed by atoms with Crippen LogP contribution in [0.4, 0.5) is 13.2 Å². The fraction of sp³-hybridized carbons (Fsp3) is 0.118. The van der Waals surface area contributed by atoms with Crippen LogP contribution in [0.25, 0.3) is 21.9 Å². The molecule has 13 heteroatoms. The van der Waals surface area contributed by atoms with E-state index in [9.17, 15) is 26.8 Å². The second kappa shape index (κ2) is 7.16. The van der Waals surface area contributed by atoms with Crippen molar-refractivity contribution in [3.63, 3.8) is 0 Å². The van der Waals surface area contributed by atoms with Gasteiger partial charge in [0.15, 0.2) is 12.4 Å². The predicted molar refractivity (Wildman–Crippen MR) is 100 cm³/mol. The third-order valence-corrected chi connectivity index (χ3v) is 5.66. The lowest BCUT2D eigenvalue weighted by atomic mass is 9.92. The molecule has 0 aliphatic carbocycles. The number of halogens is 3. The van der Waals surface area contributed by atoms with Gasteiger partial charge in [0, 0.05) is 22.4 Å². The number of nitrogens with zero attached hydrogens (tertiary/aromatic N) is 1. The van der Waals surface area contributed by atoms with E-state index in [1.807, 2.05) is 0 Å². The number of hydrogen-bond donors (Lipinski definition) is 5. The van der Waals surface area contributed by atoms with Crippen LogP contribution in [-0.4, -0.2) is 8.42 Å². The molecular weight excluding hydrogens is 425 g/mol. The fourth-order valence-electron chi connectivity index (χ4n) is 3.49. The number of primary sulfonamides is 1. The molecule has 1 aliphatic rings. The van der Waals surface area contributed by atoms with E-state index < -0.39 is 32.8 Å². The number of sulfonamides is 1. The van der Waals surface area contributed by atoms with E-state index in [4.69, 9.17) is 5.14 Å². The lowest BCUT2D eigenvalue weighted by molar-refractivity contribution is -0.603. The Morgan fingerprint density at radius 3 is 2.37 bits per heavy atom. The summed E-state index contributed by atoms with van der Waals surface area (Å²) in [5.41, 5.74) is 9.17. The van der Waals surface area contributed by atoms with Crippen molar-refractivity contribution >= 4 is 20.8 Å². The molecule has 1 aliphatic heterocycles. The topological polar surface area (TPSA) is 135 Å². The maximum atomic E-state index is 13.6. The molecule has 0 bridgehead atoms. The molecule has 0 amide bonds. The Hall–Kier alpha value is -2.81. The molecule has 9 nitrogen and oxygen atoms in total. The molecule has 2 heterocycles. The summed E-state index contributed by atoms with van der Waals surface area (Å²) in [5.74, 6) is 0. The Balaban J connectivity index is 2.12. The van der Waals surface area contributed by atoms with Crippen LogP contribution in [0.1, 0.15) is 17.3 Å². The molecule has 0 radical (unpaired) electrons. The van der Waals surface area contributed by atoms with Crippen molar-refractivity contribution in [2.75, 3.05) is 0 Å². The summed E-state index contributed by atoms with van der Waals surface area (Å²) in [7, 11) is -4.78. The first kappa shape index (κ1) is 20.5. The second-order valence-corrected chi connectivity index (χ2v) is 8.03. The number of nitrogens with one attached hydrogen (secondary N) is 4. The number of aromatic nitrogens is 1. The van der Waals surface area contributed by atoms with Gasteiger partial charge in [-0.1, -0.05) is 18.2 Å². The Morgan fingerprint density at radius 2 is 1.73 bits per heavy atom. The molecule has 4 rings (SSSR count). The molecule has 0 unspecified atom stereocenters. The third-order valence-electron chi connectivity index (χ3n) is 4.65. The second-order valence-electron chi connectivity index (χ2n) is 6.53. The molecule has 0 spiro atoms. The minimum absolute atomic E-state index is 0.191. The van der Waals surface area contributed by atoms with Crippen LogP contribution in [-0.2, 0) is 16.2 Å². The minimum Gasteiger partial charge on any atom is -0.619 e. The zero-order chi connectivity index (χ0) is 21.7. The Morgan fingerprint density at radius 1 is 1.03 bits per heavy atom. The van der Waals surface area contributed by atoms with Gasteiger partial charge in [0.2, 0.25) is 10.0 Å². The van der Waals surface area contributed by atoms with Crippen LogP contribution in [0.2, 0.25) is 0 Å². The number of alkyl halides is 3. The smallest absolute Gasteiger partial charge is 0.417 e. The van der Waals surface area contributed by atoms with Crippen LogP contribution < -0.4 is 31.8 Å². The van der Waals surface area contributed by atoms with Crippen LogP contribution in [0, 0.1) is 5.21 Å². The van der Waals surface area contributed by atoms with Crippen molar-refractivity contribution < 1.29 is 26.3 Å². The van der Waals surface area contributed by atoms with E-state index in [1.165, 1.54) is 24.5 Å². The van der Waals surface area contributed by atoms with Gasteiger partial charge >= 0.3 is 6.18 Å². The highest BCUT2D eigenvalue weighted by molar-refractivity contribution is 7.89. The van der Waals surface area contributed by atoms with Crippen molar-refractivity contribution in [3.8, 4) is 11.1 Å². The van der Waals surface area contributed by atoms with Gasteiger partial charge in [-0.3, -0.25) is 0 Å². The minimum atomic E-state index is -4.96. The first-order valence-electron chi connectivity index (χ1n) is 8.47. The van der Waals surface area contributed by atoms with Gasteiger partial charge in [0.25, 0.3) is 0 Å². The molecule has 1 saturated heterocycles. The van der Waals surface area contributed by atoms with Crippen LogP contribution >= 0.6 is 0 Å². The molecule has 1 aromatic heterocycles. The Bertz CT molecular complexity index is 1240. The van der Waals surface area contributed by atoms with Crippen molar-refractivity contribution in [1.82, 2.24) is 21.9 Å². The molecule has 158 valence electrons. The highest BCUT2D eigenvalue weighted by Crippen LogP contribution is 2.42. The maximum absolute atomic E-state index is 13.6. The monoisotopic (exact) mass is 440 g/mol. The quantitative estimate of drug-likeness (QED) is 0.302.